The highest BCUT2D eigenvalue weighted by atomic mass is 32.2. The van der Waals surface area contributed by atoms with Crippen molar-refractivity contribution in [3.05, 3.63) is 29.6 Å². The molecule has 2 unspecified atom stereocenters. The van der Waals surface area contributed by atoms with Crippen LogP contribution in [-0.4, -0.2) is 17.5 Å². The molecule has 1 N–H and O–H groups in total. The number of hydrogen-bond donors (Lipinski definition) is 1. The molecule has 0 aliphatic carbocycles. The van der Waals surface area contributed by atoms with Gasteiger partial charge in [-0.15, -0.1) is 0 Å². The number of nitriles is 1. The van der Waals surface area contributed by atoms with E-state index in [1.54, 1.807) is 0 Å². The summed E-state index contributed by atoms with van der Waals surface area (Å²) in [7, 11) is 0. The fraction of sp³-hybridized carbons (Fsp3) is 0.500. The van der Waals surface area contributed by atoms with E-state index in [0.717, 1.165) is 24.2 Å². The van der Waals surface area contributed by atoms with Gasteiger partial charge < -0.3 is 5.32 Å². The third kappa shape index (κ3) is 3.39. The molecular formula is C14H17FN2S. The highest BCUT2D eigenvalue weighted by Gasteiger charge is 2.23. The minimum atomic E-state index is -0.257. The van der Waals surface area contributed by atoms with Crippen LogP contribution in [0.2, 0.25) is 0 Å². The smallest absolute Gasteiger partial charge is 0.125 e. The van der Waals surface area contributed by atoms with Crippen LogP contribution >= 0.6 is 11.8 Å². The van der Waals surface area contributed by atoms with E-state index < -0.39 is 0 Å². The standard InChI is InChI=1S/C14H17FN2S/c1-10-5-12(15)7-13(6-10)17-14(8-16)11-3-2-4-18-9-11/h5-7,11,14,17H,2-4,9H2,1H3. The van der Waals surface area contributed by atoms with E-state index in [-0.39, 0.29) is 11.9 Å². The largest absolute Gasteiger partial charge is 0.369 e. The third-order valence-electron chi connectivity index (χ3n) is 3.17. The van der Waals surface area contributed by atoms with E-state index in [1.807, 2.05) is 24.8 Å². The highest BCUT2D eigenvalue weighted by molar-refractivity contribution is 7.99. The predicted octanol–water partition coefficient (Wildman–Crippen LogP) is 3.58. The zero-order chi connectivity index (χ0) is 13.0. The van der Waals surface area contributed by atoms with Crippen molar-refractivity contribution >= 4 is 17.4 Å². The van der Waals surface area contributed by atoms with Gasteiger partial charge >= 0.3 is 0 Å². The van der Waals surface area contributed by atoms with Gasteiger partial charge in [-0.05, 0) is 55.0 Å². The van der Waals surface area contributed by atoms with Gasteiger partial charge in [0.25, 0.3) is 0 Å². The Morgan fingerprint density at radius 2 is 2.33 bits per heavy atom. The van der Waals surface area contributed by atoms with Gasteiger partial charge in [-0.25, -0.2) is 4.39 Å². The first kappa shape index (κ1) is 13.2. The second kappa shape index (κ2) is 6.10. The average Bonchev–Trinajstić information content (AvgIpc) is 2.36. The zero-order valence-electron chi connectivity index (χ0n) is 10.4. The molecule has 1 aromatic carbocycles. The lowest BCUT2D eigenvalue weighted by atomic mass is 9.97. The number of halogens is 1. The van der Waals surface area contributed by atoms with Crippen LogP contribution in [0.15, 0.2) is 18.2 Å². The minimum absolute atomic E-state index is 0.223. The molecule has 2 atom stereocenters. The van der Waals surface area contributed by atoms with Gasteiger partial charge in [-0.1, -0.05) is 0 Å². The van der Waals surface area contributed by atoms with E-state index >= 15 is 0 Å². The molecule has 0 spiro atoms. The highest BCUT2D eigenvalue weighted by Crippen LogP contribution is 2.27. The SMILES string of the molecule is Cc1cc(F)cc(NC(C#N)C2CCCSC2)c1. The summed E-state index contributed by atoms with van der Waals surface area (Å²) in [6, 6.07) is 6.91. The van der Waals surface area contributed by atoms with E-state index in [1.165, 1.54) is 17.9 Å². The van der Waals surface area contributed by atoms with Gasteiger partial charge in [0.1, 0.15) is 11.9 Å². The van der Waals surface area contributed by atoms with Crippen molar-refractivity contribution in [1.29, 1.82) is 5.26 Å². The number of anilines is 1. The van der Waals surface area contributed by atoms with Gasteiger partial charge in [0.2, 0.25) is 0 Å². The lowest BCUT2D eigenvalue weighted by molar-refractivity contribution is 0.499. The molecular weight excluding hydrogens is 247 g/mol. The molecule has 0 bridgehead atoms. The molecule has 1 heterocycles. The van der Waals surface area contributed by atoms with Crippen molar-refractivity contribution in [3.63, 3.8) is 0 Å². The zero-order valence-corrected chi connectivity index (χ0v) is 11.3. The van der Waals surface area contributed by atoms with Crippen LogP contribution < -0.4 is 5.32 Å². The van der Waals surface area contributed by atoms with Crippen LogP contribution in [0.3, 0.4) is 0 Å². The second-order valence-electron chi connectivity index (χ2n) is 4.75. The minimum Gasteiger partial charge on any atom is -0.369 e. The molecule has 1 saturated heterocycles. The van der Waals surface area contributed by atoms with E-state index in [4.69, 9.17) is 0 Å². The molecule has 1 fully saturated rings. The molecule has 96 valence electrons. The molecule has 2 rings (SSSR count). The number of thioether (sulfide) groups is 1. The first-order valence-corrected chi connectivity index (χ1v) is 7.35. The summed E-state index contributed by atoms with van der Waals surface area (Å²) in [5, 5.41) is 12.4. The second-order valence-corrected chi connectivity index (χ2v) is 5.90. The summed E-state index contributed by atoms with van der Waals surface area (Å²) >= 11 is 1.90. The monoisotopic (exact) mass is 264 g/mol. The number of benzene rings is 1. The molecule has 0 amide bonds. The van der Waals surface area contributed by atoms with Crippen LogP contribution in [0.5, 0.6) is 0 Å². The average molecular weight is 264 g/mol. The first-order valence-electron chi connectivity index (χ1n) is 6.20. The summed E-state index contributed by atoms with van der Waals surface area (Å²) in [4.78, 5) is 0. The van der Waals surface area contributed by atoms with Crippen LogP contribution in [0.1, 0.15) is 18.4 Å². The number of nitrogens with one attached hydrogen (secondary N) is 1. The van der Waals surface area contributed by atoms with Crippen molar-refractivity contribution < 1.29 is 4.39 Å². The Kier molecular flexibility index (Phi) is 4.48. The van der Waals surface area contributed by atoms with Crippen molar-refractivity contribution in [2.75, 3.05) is 16.8 Å². The molecule has 18 heavy (non-hydrogen) atoms. The molecule has 0 aromatic heterocycles. The number of rotatable bonds is 3. The quantitative estimate of drug-likeness (QED) is 0.906. The molecule has 1 aromatic rings. The molecule has 0 saturated carbocycles. The van der Waals surface area contributed by atoms with Crippen LogP contribution in [0.4, 0.5) is 10.1 Å². The van der Waals surface area contributed by atoms with Gasteiger partial charge in [-0.3, -0.25) is 0 Å². The van der Waals surface area contributed by atoms with Crippen molar-refractivity contribution in [1.82, 2.24) is 0 Å². The molecule has 1 aliphatic heterocycles. The van der Waals surface area contributed by atoms with E-state index in [9.17, 15) is 9.65 Å². The summed E-state index contributed by atoms with van der Waals surface area (Å²) in [6.07, 6.45) is 2.24. The van der Waals surface area contributed by atoms with E-state index in [2.05, 4.69) is 11.4 Å². The Morgan fingerprint density at radius 1 is 1.50 bits per heavy atom. The summed E-state index contributed by atoms with van der Waals surface area (Å²) in [5.74, 6) is 2.30. The van der Waals surface area contributed by atoms with E-state index in [0.29, 0.717) is 11.6 Å². The Balaban J connectivity index is 2.07. The molecule has 1 aliphatic rings. The maximum atomic E-state index is 13.3. The number of aryl methyl sites for hydroxylation is 1. The first-order chi connectivity index (χ1) is 8.69. The third-order valence-corrected chi connectivity index (χ3v) is 4.41. The van der Waals surface area contributed by atoms with Crippen molar-refractivity contribution in [3.8, 4) is 6.07 Å². The van der Waals surface area contributed by atoms with Gasteiger partial charge in [0, 0.05) is 11.6 Å². The predicted molar refractivity (Wildman–Crippen MR) is 74.2 cm³/mol. The van der Waals surface area contributed by atoms with Crippen LogP contribution in [-0.2, 0) is 0 Å². The van der Waals surface area contributed by atoms with Crippen LogP contribution in [0.25, 0.3) is 0 Å². The fourth-order valence-electron chi connectivity index (χ4n) is 2.28. The lowest BCUT2D eigenvalue weighted by Crippen LogP contribution is -2.31. The normalized spacial score (nSPS) is 21.1. The Bertz CT molecular complexity index is 429. The lowest BCUT2D eigenvalue weighted by Gasteiger charge is -2.26. The van der Waals surface area contributed by atoms with Crippen molar-refractivity contribution in [2.24, 2.45) is 5.92 Å². The molecule has 2 nitrogen and oxygen atoms in total. The Labute approximate surface area is 112 Å². The van der Waals surface area contributed by atoms with Gasteiger partial charge in [-0.2, -0.15) is 17.0 Å². The maximum Gasteiger partial charge on any atom is 0.125 e. The Hall–Kier alpha value is -1.21. The van der Waals surface area contributed by atoms with Crippen LogP contribution in [0, 0.1) is 30.0 Å². The van der Waals surface area contributed by atoms with Gasteiger partial charge in [0.05, 0.1) is 6.07 Å². The Morgan fingerprint density at radius 3 is 2.94 bits per heavy atom. The fourth-order valence-corrected chi connectivity index (χ4v) is 3.48. The molecule has 0 radical (unpaired) electrons. The summed E-state index contributed by atoms with van der Waals surface area (Å²) in [5.41, 5.74) is 1.57. The van der Waals surface area contributed by atoms with Crippen molar-refractivity contribution in [2.45, 2.75) is 25.8 Å². The maximum absolute atomic E-state index is 13.3. The van der Waals surface area contributed by atoms with Gasteiger partial charge in [0.15, 0.2) is 0 Å². The molecule has 4 heteroatoms. The topological polar surface area (TPSA) is 35.8 Å². The number of hydrogen-bond acceptors (Lipinski definition) is 3. The number of nitrogens with zero attached hydrogens (tertiary/aromatic N) is 1. The summed E-state index contributed by atoms with van der Waals surface area (Å²) < 4.78 is 13.3. The summed E-state index contributed by atoms with van der Waals surface area (Å²) in [6.45, 7) is 1.85.